The molecule has 1 aliphatic carbocycles. The molecule has 3 rings (SSSR count). The summed E-state index contributed by atoms with van der Waals surface area (Å²) in [5, 5.41) is 5.95. The fourth-order valence-electron chi connectivity index (χ4n) is 2.94. The number of hydrogen-bond acceptors (Lipinski definition) is 4. The summed E-state index contributed by atoms with van der Waals surface area (Å²) in [7, 11) is 4.78. The molecule has 1 saturated carbocycles. The Kier molecular flexibility index (Phi) is 5.51. The van der Waals surface area contributed by atoms with Crippen molar-refractivity contribution in [1.29, 1.82) is 0 Å². The Bertz CT molecular complexity index is 757. The molecule has 2 amide bonds. The summed E-state index contributed by atoms with van der Waals surface area (Å²) in [6.07, 6.45) is 2.24. The van der Waals surface area contributed by atoms with E-state index in [-0.39, 0.29) is 12.1 Å². The predicted molar refractivity (Wildman–Crippen MR) is 100 cm³/mol. The number of amides is 2. The highest BCUT2D eigenvalue weighted by Gasteiger charge is 2.33. The van der Waals surface area contributed by atoms with E-state index in [0.29, 0.717) is 23.1 Å². The van der Waals surface area contributed by atoms with Gasteiger partial charge in [-0.3, -0.25) is 0 Å². The van der Waals surface area contributed by atoms with Crippen LogP contribution in [0.1, 0.15) is 24.4 Å². The molecule has 2 aromatic carbocycles. The van der Waals surface area contributed by atoms with Crippen molar-refractivity contribution in [3.05, 3.63) is 48.0 Å². The van der Waals surface area contributed by atoms with Crippen molar-refractivity contribution in [1.82, 2.24) is 5.32 Å². The van der Waals surface area contributed by atoms with Gasteiger partial charge in [-0.1, -0.05) is 12.1 Å². The normalized spacial score (nSPS) is 14.3. The minimum absolute atomic E-state index is 0.0129. The summed E-state index contributed by atoms with van der Waals surface area (Å²) < 4.78 is 15.7. The second-order valence-electron chi connectivity index (χ2n) is 6.26. The number of carbonyl (C=O) groups excluding carboxylic acids is 1. The molecule has 6 nitrogen and oxygen atoms in total. The lowest BCUT2D eigenvalue weighted by atomic mass is 10.0. The number of anilines is 1. The molecule has 0 heterocycles. The summed E-state index contributed by atoms with van der Waals surface area (Å²) in [4.78, 5) is 12.5. The standard InChI is InChI=1S/C20H24N2O4/c1-24-16-9-6-14(7-10-16)19(13-4-5-13)22-20(23)21-15-8-11-17(25-2)18(12-15)26-3/h6-13,19H,4-5H2,1-3H3,(H2,21,22,23). The zero-order valence-corrected chi connectivity index (χ0v) is 15.2. The van der Waals surface area contributed by atoms with E-state index in [0.717, 1.165) is 24.2 Å². The van der Waals surface area contributed by atoms with Gasteiger partial charge in [0.25, 0.3) is 0 Å². The third kappa shape index (κ3) is 4.20. The lowest BCUT2D eigenvalue weighted by Crippen LogP contribution is -2.33. The van der Waals surface area contributed by atoms with E-state index in [1.165, 1.54) is 0 Å². The summed E-state index contributed by atoms with van der Waals surface area (Å²) in [5.41, 5.74) is 1.72. The minimum Gasteiger partial charge on any atom is -0.497 e. The van der Waals surface area contributed by atoms with Crippen LogP contribution >= 0.6 is 0 Å². The maximum Gasteiger partial charge on any atom is 0.319 e. The van der Waals surface area contributed by atoms with E-state index in [1.807, 2.05) is 24.3 Å². The van der Waals surface area contributed by atoms with Gasteiger partial charge in [-0.15, -0.1) is 0 Å². The quantitative estimate of drug-likeness (QED) is 0.787. The van der Waals surface area contributed by atoms with Crippen LogP contribution in [0.3, 0.4) is 0 Å². The van der Waals surface area contributed by atoms with E-state index in [9.17, 15) is 4.79 Å². The van der Waals surface area contributed by atoms with Crippen LogP contribution in [0.25, 0.3) is 0 Å². The van der Waals surface area contributed by atoms with E-state index in [1.54, 1.807) is 39.5 Å². The summed E-state index contributed by atoms with van der Waals surface area (Å²) in [6, 6.07) is 12.8. The molecule has 1 fully saturated rings. The van der Waals surface area contributed by atoms with Crippen LogP contribution in [-0.2, 0) is 0 Å². The molecule has 1 atom stereocenters. The van der Waals surface area contributed by atoms with Crippen molar-refractivity contribution in [3.63, 3.8) is 0 Å². The third-order valence-corrected chi connectivity index (χ3v) is 4.50. The zero-order chi connectivity index (χ0) is 18.5. The van der Waals surface area contributed by atoms with Crippen molar-refractivity contribution < 1.29 is 19.0 Å². The number of nitrogens with one attached hydrogen (secondary N) is 2. The third-order valence-electron chi connectivity index (χ3n) is 4.50. The van der Waals surface area contributed by atoms with Crippen LogP contribution in [0.4, 0.5) is 10.5 Å². The highest BCUT2D eigenvalue weighted by molar-refractivity contribution is 5.90. The summed E-state index contributed by atoms with van der Waals surface area (Å²) >= 11 is 0. The maximum atomic E-state index is 12.5. The summed E-state index contributed by atoms with van der Waals surface area (Å²) in [6.45, 7) is 0. The molecule has 0 saturated heterocycles. The van der Waals surface area contributed by atoms with E-state index in [2.05, 4.69) is 10.6 Å². The van der Waals surface area contributed by atoms with Crippen LogP contribution in [0.5, 0.6) is 17.2 Å². The van der Waals surface area contributed by atoms with Gasteiger partial charge < -0.3 is 24.8 Å². The second kappa shape index (κ2) is 7.99. The number of rotatable bonds is 7. The van der Waals surface area contributed by atoms with Gasteiger partial charge in [0, 0.05) is 11.8 Å². The van der Waals surface area contributed by atoms with Crippen LogP contribution in [0, 0.1) is 5.92 Å². The Morgan fingerprint density at radius 3 is 2.23 bits per heavy atom. The first-order valence-electron chi connectivity index (χ1n) is 8.58. The zero-order valence-electron chi connectivity index (χ0n) is 15.2. The van der Waals surface area contributed by atoms with Gasteiger partial charge in [0.2, 0.25) is 0 Å². The molecular weight excluding hydrogens is 332 g/mol. The Balaban J connectivity index is 1.68. The molecule has 1 aliphatic rings. The molecule has 0 radical (unpaired) electrons. The number of hydrogen-bond donors (Lipinski definition) is 2. The van der Waals surface area contributed by atoms with Crippen LogP contribution in [0.2, 0.25) is 0 Å². The van der Waals surface area contributed by atoms with Crippen molar-refractivity contribution in [2.75, 3.05) is 26.6 Å². The van der Waals surface area contributed by atoms with Crippen molar-refractivity contribution in [2.24, 2.45) is 5.92 Å². The Labute approximate surface area is 153 Å². The predicted octanol–water partition coefficient (Wildman–Crippen LogP) is 3.99. The SMILES string of the molecule is COc1ccc(C(NC(=O)Nc2ccc(OC)c(OC)c2)C2CC2)cc1. The number of methoxy groups -OCH3 is 3. The van der Waals surface area contributed by atoms with Gasteiger partial charge >= 0.3 is 6.03 Å². The summed E-state index contributed by atoms with van der Waals surface area (Å²) in [5.74, 6) is 2.46. The lowest BCUT2D eigenvalue weighted by Gasteiger charge is -2.20. The van der Waals surface area contributed by atoms with E-state index < -0.39 is 0 Å². The molecule has 26 heavy (non-hydrogen) atoms. The molecule has 0 bridgehead atoms. The fourth-order valence-corrected chi connectivity index (χ4v) is 2.94. The molecule has 2 aromatic rings. The highest BCUT2D eigenvalue weighted by atomic mass is 16.5. The highest BCUT2D eigenvalue weighted by Crippen LogP contribution is 2.41. The van der Waals surface area contributed by atoms with Crippen molar-refractivity contribution in [2.45, 2.75) is 18.9 Å². The number of urea groups is 1. The first kappa shape index (κ1) is 17.9. The van der Waals surface area contributed by atoms with Gasteiger partial charge in [0.1, 0.15) is 5.75 Å². The number of carbonyl (C=O) groups is 1. The molecule has 138 valence electrons. The van der Waals surface area contributed by atoms with Crippen LogP contribution in [0.15, 0.2) is 42.5 Å². The first-order chi connectivity index (χ1) is 12.6. The largest absolute Gasteiger partial charge is 0.497 e. The lowest BCUT2D eigenvalue weighted by molar-refractivity contribution is 0.247. The van der Waals surface area contributed by atoms with Gasteiger partial charge in [0.15, 0.2) is 11.5 Å². The molecule has 0 spiro atoms. The number of ether oxygens (including phenoxy) is 3. The van der Waals surface area contributed by atoms with E-state index >= 15 is 0 Å². The Hall–Kier alpha value is -2.89. The topological polar surface area (TPSA) is 68.8 Å². The Morgan fingerprint density at radius 1 is 0.962 bits per heavy atom. The Morgan fingerprint density at radius 2 is 1.65 bits per heavy atom. The van der Waals surface area contributed by atoms with Gasteiger partial charge in [-0.05, 0) is 48.6 Å². The van der Waals surface area contributed by atoms with Crippen LogP contribution in [-0.4, -0.2) is 27.4 Å². The van der Waals surface area contributed by atoms with Crippen molar-refractivity contribution >= 4 is 11.7 Å². The van der Waals surface area contributed by atoms with Crippen molar-refractivity contribution in [3.8, 4) is 17.2 Å². The number of benzene rings is 2. The van der Waals surface area contributed by atoms with Gasteiger partial charge in [0.05, 0.1) is 27.4 Å². The molecule has 6 heteroatoms. The first-order valence-corrected chi connectivity index (χ1v) is 8.58. The molecule has 0 aromatic heterocycles. The second-order valence-corrected chi connectivity index (χ2v) is 6.26. The minimum atomic E-state index is -0.245. The molecule has 2 N–H and O–H groups in total. The monoisotopic (exact) mass is 356 g/mol. The van der Waals surface area contributed by atoms with Gasteiger partial charge in [-0.25, -0.2) is 4.79 Å². The average molecular weight is 356 g/mol. The average Bonchev–Trinajstić information content (AvgIpc) is 3.51. The molecule has 0 aliphatic heterocycles. The maximum absolute atomic E-state index is 12.5. The van der Waals surface area contributed by atoms with Crippen LogP contribution < -0.4 is 24.8 Å². The van der Waals surface area contributed by atoms with Gasteiger partial charge in [-0.2, -0.15) is 0 Å². The molecular formula is C20H24N2O4. The van der Waals surface area contributed by atoms with E-state index in [4.69, 9.17) is 14.2 Å². The fraction of sp³-hybridized carbons (Fsp3) is 0.350. The smallest absolute Gasteiger partial charge is 0.319 e. The molecule has 1 unspecified atom stereocenters.